The molecule has 0 bridgehead atoms. The highest BCUT2D eigenvalue weighted by atomic mass is 16.5. The highest BCUT2D eigenvalue weighted by molar-refractivity contribution is 4.82. The fourth-order valence-electron chi connectivity index (χ4n) is 1.05. The molecule has 0 aliphatic carbocycles. The van der Waals surface area contributed by atoms with E-state index in [2.05, 4.69) is 18.2 Å². The van der Waals surface area contributed by atoms with Crippen LogP contribution in [0, 0.1) is 12.3 Å². The highest BCUT2D eigenvalue weighted by Crippen LogP contribution is 1.92. The second-order valence-corrected chi connectivity index (χ2v) is 3.18. The molecule has 76 valence electrons. The lowest BCUT2D eigenvalue weighted by Gasteiger charge is -2.12. The maximum atomic E-state index is 5.28. The summed E-state index contributed by atoms with van der Waals surface area (Å²) in [7, 11) is 0. The summed E-state index contributed by atoms with van der Waals surface area (Å²) >= 11 is 0. The number of unbranched alkanes of at least 4 members (excludes halogenated alkanes) is 2. The van der Waals surface area contributed by atoms with E-state index >= 15 is 0 Å². The minimum absolute atomic E-state index is 0.450. The fourth-order valence-corrected chi connectivity index (χ4v) is 1.05. The Morgan fingerprint density at radius 1 is 1.46 bits per heavy atom. The van der Waals surface area contributed by atoms with Crippen molar-refractivity contribution >= 4 is 0 Å². The molecule has 2 heteroatoms. The van der Waals surface area contributed by atoms with Gasteiger partial charge in [0, 0.05) is 19.1 Å². The van der Waals surface area contributed by atoms with E-state index in [4.69, 9.17) is 11.2 Å². The van der Waals surface area contributed by atoms with Gasteiger partial charge in [0.1, 0.15) is 0 Å². The van der Waals surface area contributed by atoms with Crippen LogP contribution in [-0.2, 0) is 4.74 Å². The van der Waals surface area contributed by atoms with E-state index in [0.29, 0.717) is 6.04 Å². The second kappa shape index (κ2) is 9.57. The van der Waals surface area contributed by atoms with Crippen LogP contribution in [0.1, 0.15) is 33.1 Å². The monoisotopic (exact) mass is 183 g/mol. The number of hydrogen-bond acceptors (Lipinski definition) is 2. The smallest absolute Gasteiger partial charge is 0.0616 e. The van der Waals surface area contributed by atoms with Gasteiger partial charge in [-0.2, -0.15) is 0 Å². The Balaban J connectivity index is 3.08. The zero-order valence-electron chi connectivity index (χ0n) is 8.81. The maximum absolute atomic E-state index is 5.28. The standard InChI is InChI=1S/C11H21NO/c1-4-6-7-8-9-12-11(3)10-13-5-2/h1,11-12H,5-10H2,2-3H3. The van der Waals surface area contributed by atoms with Crippen molar-refractivity contribution in [2.45, 2.75) is 39.2 Å². The number of ether oxygens (including phenoxy) is 1. The molecule has 0 saturated heterocycles. The van der Waals surface area contributed by atoms with Crippen LogP contribution in [0.3, 0.4) is 0 Å². The van der Waals surface area contributed by atoms with E-state index < -0.39 is 0 Å². The van der Waals surface area contributed by atoms with Crippen molar-refractivity contribution in [3.05, 3.63) is 0 Å². The first-order valence-corrected chi connectivity index (χ1v) is 5.05. The molecule has 0 rings (SSSR count). The molecule has 0 aliphatic rings. The molecule has 1 unspecified atom stereocenters. The summed E-state index contributed by atoms with van der Waals surface area (Å²) in [6, 6.07) is 0.450. The number of rotatable bonds is 8. The van der Waals surface area contributed by atoms with Crippen LogP contribution in [0.2, 0.25) is 0 Å². The van der Waals surface area contributed by atoms with E-state index in [1.807, 2.05) is 6.92 Å². The first-order valence-electron chi connectivity index (χ1n) is 5.05. The summed E-state index contributed by atoms with van der Waals surface area (Å²) in [6.45, 7) is 6.78. The molecule has 2 nitrogen and oxygen atoms in total. The van der Waals surface area contributed by atoms with E-state index in [1.165, 1.54) is 0 Å². The molecule has 13 heavy (non-hydrogen) atoms. The summed E-state index contributed by atoms with van der Waals surface area (Å²) in [5, 5.41) is 3.38. The molecule has 0 aromatic carbocycles. The highest BCUT2D eigenvalue weighted by Gasteiger charge is 1.98. The summed E-state index contributed by atoms with van der Waals surface area (Å²) < 4.78 is 5.28. The van der Waals surface area contributed by atoms with Crippen molar-refractivity contribution in [2.24, 2.45) is 0 Å². The van der Waals surface area contributed by atoms with Gasteiger partial charge in [0.15, 0.2) is 0 Å². The molecule has 0 fully saturated rings. The Morgan fingerprint density at radius 2 is 2.23 bits per heavy atom. The average molecular weight is 183 g/mol. The van der Waals surface area contributed by atoms with Crippen LogP contribution in [0.25, 0.3) is 0 Å². The minimum atomic E-state index is 0.450. The Hall–Kier alpha value is -0.520. The quantitative estimate of drug-likeness (QED) is 0.458. The molecule has 0 amide bonds. The van der Waals surface area contributed by atoms with Crippen molar-refractivity contribution in [1.29, 1.82) is 0 Å². The summed E-state index contributed by atoms with van der Waals surface area (Å²) in [6.07, 6.45) is 8.31. The first-order chi connectivity index (χ1) is 6.31. The summed E-state index contributed by atoms with van der Waals surface area (Å²) in [4.78, 5) is 0. The van der Waals surface area contributed by atoms with Gasteiger partial charge in [-0.25, -0.2) is 0 Å². The third-order valence-corrected chi connectivity index (χ3v) is 1.81. The van der Waals surface area contributed by atoms with E-state index in [-0.39, 0.29) is 0 Å². The van der Waals surface area contributed by atoms with E-state index in [1.54, 1.807) is 0 Å². The Bertz CT molecular complexity index is 140. The van der Waals surface area contributed by atoms with Crippen LogP contribution in [0.4, 0.5) is 0 Å². The molecule has 0 radical (unpaired) electrons. The van der Waals surface area contributed by atoms with Crippen molar-refractivity contribution in [3.8, 4) is 12.3 Å². The Morgan fingerprint density at radius 3 is 2.85 bits per heavy atom. The lowest BCUT2D eigenvalue weighted by atomic mass is 10.2. The predicted octanol–water partition coefficient (Wildman–Crippen LogP) is 1.80. The lowest BCUT2D eigenvalue weighted by molar-refractivity contribution is 0.127. The van der Waals surface area contributed by atoms with Crippen LogP contribution < -0.4 is 5.32 Å². The third-order valence-electron chi connectivity index (χ3n) is 1.81. The van der Waals surface area contributed by atoms with Gasteiger partial charge in [-0.15, -0.1) is 12.3 Å². The second-order valence-electron chi connectivity index (χ2n) is 3.18. The topological polar surface area (TPSA) is 21.3 Å². The van der Waals surface area contributed by atoms with Gasteiger partial charge in [0.25, 0.3) is 0 Å². The average Bonchev–Trinajstić information content (AvgIpc) is 2.14. The van der Waals surface area contributed by atoms with Gasteiger partial charge < -0.3 is 10.1 Å². The van der Waals surface area contributed by atoms with Crippen molar-refractivity contribution in [1.82, 2.24) is 5.32 Å². The van der Waals surface area contributed by atoms with E-state index in [0.717, 1.165) is 39.0 Å². The number of nitrogens with one attached hydrogen (secondary N) is 1. The normalized spacial score (nSPS) is 12.4. The largest absolute Gasteiger partial charge is 0.380 e. The fraction of sp³-hybridized carbons (Fsp3) is 0.818. The Kier molecular flexibility index (Phi) is 9.18. The third kappa shape index (κ3) is 9.39. The van der Waals surface area contributed by atoms with Crippen molar-refractivity contribution in [3.63, 3.8) is 0 Å². The molecule has 0 aliphatic heterocycles. The molecule has 1 atom stereocenters. The van der Waals surface area contributed by atoms with Crippen molar-refractivity contribution in [2.75, 3.05) is 19.8 Å². The van der Waals surface area contributed by atoms with Crippen LogP contribution in [-0.4, -0.2) is 25.8 Å². The van der Waals surface area contributed by atoms with Gasteiger partial charge in [-0.1, -0.05) is 0 Å². The summed E-state index contributed by atoms with van der Waals surface area (Å²) in [5.74, 6) is 2.64. The molecule has 0 spiro atoms. The molecule has 1 N–H and O–H groups in total. The minimum Gasteiger partial charge on any atom is -0.380 e. The first kappa shape index (κ1) is 12.5. The van der Waals surface area contributed by atoms with Crippen molar-refractivity contribution < 1.29 is 4.74 Å². The number of hydrogen-bond donors (Lipinski definition) is 1. The SMILES string of the molecule is C#CCCCCNC(C)COCC. The molecule has 0 saturated carbocycles. The number of terminal acetylenes is 1. The van der Waals surface area contributed by atoms with E-state index in [9.17, 15) is 0 Å². The lowest BCUT2D eigenvalue weighted by Crippen LogP contribution is -2.31. The maximum Gasteiger partial charge on any atom is 0.0616 e. The summed E-state index contributed by atoms with van der Waals surface area (Å²) in [5.41, 5.74) is 0. The van der Waals surface area contributed by atoms with Gasteiger partial charge >= 0.3 is 0 Å². The van der Waals surface area contributed by atoms with Gasteiger partial charge in [0.05, 0.1) is 6.61 Å². The molecule has 0 aromatic rings. The van der Waals surface area contributed by atoms with Gasteiger partial charge in [-0.05, 0) is 33.2 Å². The Labute approximate surface area is 82.1 Å². The molecular weight excluding hydrogens is 162 g/mol. The molecular formula is C11H21NO. The predicted molar refractivity (Wildman–Crippen MR) is 56.6 cm³/mol. The van der Waals surface area contributed by atoms with Crippen LogP contribution >= 0.6 is 0 Å². The van der Waals surface area contributed by atoms with Gasteiger partial charge in [0.2, 0.25) is 0 Å². The zero-order valence-corrected chi connectivity index (χ0v) is 8.81. The van der Waals surface area contributed by atoms with Gasteiger partial charge in [-0.3, -0.25) is 0 Å². The zero-order chi connectivity index (χ0) is 9.94. The molecule has 0 heterocycles. The molecule has 0 aromatic heterocycles. The van der Waals surface area contributed by atoms with Crippen LogP contribution in [0.15, 0.2) is 0 Å². The van der Waals surface area contributed by atoms with Crippen LogP contribution in [0.5, 0.6) is 0 Å².